The Kier molecular flexibility index (Phi) is 8.09. The van der Waals surface area contributed by atoms with Crippen molar-refractivity contribution in [3.63, 3.8) is 0 Å². The van der Waals surface area contributed by atoms with Crippen molar-refractivity contribution in [3.05, 3.63) is 132 Å². The lowest BCUT2D eigenvalue weighted by Gasteiger charge is -2.12. The number of hydrogen-bond acceptors (Lipinski definition) is 4. The van der Waals surface area contributed by atoms with Crippen LogP contribution in [0.1, 0.15) is 22.3 Å². The molecule has 0 fully saturated rings. The lowest BCUT2D eigenvalue weighted by Crippen LogP contribution is -2.03. The standard InChI is InChI=1S/C32H28O4/c1-3-31(33)35-27-19-13-23(14-20-27)11-17-25-7-5-10-30-26(8-6-9-29(25)30)18-12-24-15-21-28(22-16-24)36-32(34)4-2/h3-10,13-16,19-22H,1-2,11-12,17-18H2. The van der Waals surface area contributed by atoms with Crippen molar-refractivity contribution in [2.24, 2.45) is 0 Å². The summed E-state index contributed by atoms with van der Waals surface area (Å²) in [7, 11) is 0. The summed E-state index contributed by atoms with van der Waals surface area (Å²) in [6, 6.07) is 28.2. The van der Waals surface area contributed by atoms with Crippen LogP contribution in [0.3, 0.4) is 0 Å². The van der Waals surface area contributed by atoms with E-state index in [1.165, 1.54) is 33.0 Å². The molecule has 0 saturated heterocycles. The van der Waals surface area contributed by atoms with Crippen LogP contribution in [0, 0.1) is 0 Å². The van der Waals surface area contributed by atoms with Crippen molar-refractivity contribution in [3.8, 4) is 11.5 Å². The molecule has 0 aromatic heterocycles. The van der Waals surface area contributed by atoms with Crippen LogP contribution >= 0.6 is 0 Å². The van der Waals surface area contributed by atoms with Gasteiger partial charge in [-0.25, -0.2) is 9.59 Å². The van der Waals surface area contributed by atoms with E-state index in [0.717, 1.165) is 37.8 Å². The van der Waals surface area contributed by atoms with Gasteiger partial charge in [0.1, 0.15) is 11.5 Å². The fourth-order valence-electron chi connectivity index (χ4n) is 4.20. The smallest absolute Gasteiger partial charge is 0.335 e. The molecule has 0 unspecified atom stereocenters. The van der Waals surface area contributed by atoms with E-state index in [9.17, 15) is 9.59 Å². The maximum Gasteiger partial charge on any atom is 0.335 e. The highest BCUT2D eigenvalue weighted by molar-refractivity contribution is 5.89. The average molecular weight is 477 g/mol. The van der Waals surface area contributed by atoms with Gasteiger partial charge in [0.15, 0.2) is 0 Å². The van der Waals surface area contributed by atoms with Crippen LogP contribution in [0.5, 0.6) is 11.5 Å². The molecule has 4 aromatic rings. The summed E-state index contributed by atoms with van der Waals surface area (Å²) >= 11 is 0. The van der Waals surface area contributed by atoms with Crippen molar-refractivity contribution in [1.29, 1.82) is 0 Å². The first kappa shape index (κ1) is 24.7. The summed E-state index contributed by atoms with van der Waals surface area (Å²) in [6.07, 6.45) is 5.92. The van der Waals surface area contributed by atoms with Gasteiger partial charge < -0.3 is 9.47 Å². The number of carbonyl (C=O) groups is 2. The van der Waals surface area contributed by atoms with Crippen LogP contribution in [-0.2, 0) is 35.3 Å². The number of benzene rings is 4. The van der Waals surface area contributed by atoms with Gasteiger partial charge in [-0.1, -0.05) is 73.8 Å². The highest BCUT2D eigenvalue weighted by Gasteiger charge is 2.07. The molecule has 180 valence electrons. The van der Waals surface area contributed by atoms with Crippen molar-refractivity contribution >= 4 is 22.7 Å². The first-order chi connectivity index (χ1) is 17.6. The third kappa shape index (κ3) is 6.36. The largest absolute Gasteiger partial charge is 0.423 e. The Morgan fingerprint density at radius 1 is 0.556 bits per heavy atom. The molecule has 0 saturated carbocycles. The molecule has 0 bridgehead atoms. The Hall–Kier alpha value is -4.44. The second kappa shape index (κ2) is 11.8. The van der Waals surface area contributed by atoms with Gasteiger partial charge in [-0.05, 0) is 83.0 Å². The molecule has 4 aromatic carbocycles. The predicted molar refractivity (Wildman–Crippen MR) is 143 cm³/mol. The van der Waals surface area contributed by atoms with Gasteiger partial charge in [-0.3, -0.25) is 0 Å². The topological polar surface area (TPSA) is 52.6 Å². The summed E-state index contributed by atoms with van der Waals surface area (Å²) in [5.74, 6) is 0.123. The number of ether oxygens (including phenoxy) is 2. The molecule has 36 heavy (non-hydrogen) atoms. The maximum atomic E-state index is 11.4. The minimum absolute atomic E-state index is 0.458. The summed E-state index contributed by atoms with van der Waals surface area (Å²) < 4.78 is 10.3. The Labute approximate surface area is 211 Å². The monoisotopic (exact) mass is 476 g/mol. The number of aryl methyl sites for hydroxylation is 4. The number of rotatable bonds is 10. The van der Waals surface area contributed by atoms with Crippen molar-refractivity contribution in [2.45, 2.75) is 25.7 Å². The maximum absolute atomic E-state index is 11.4. The van der Waals surface area contributed by atoms with Gasteiger partial charge in [0, 0.05) is 12.2 Å². The molecule has 0 aliphatic heterocycles. The molecule has 0 atom stereocenters. The number of esters is 2. The highest BCUT2D eigenvalue weighted by Crippen LogP contribution is 2.26. The van der Waals surface area contributed by atoms with E-state index in [1.54, 1.807) is 0 Å². The molecule has 0 radical (unpaired) electrons. The summed E-state index contributed by atoms with van der Waals surface area (Å²) in [5, 5.41) is 2.55. The number of fused-ring (bicyclic) bond motifs is 1. The highest BCUT2D eigenvalue weighted by atomic mass is 16.5. The normalized spacial score (nSPS) is 10.6. The molecule has 4 heteroatoms. The molecular weight excluding hydrogens is 448 g/mol. The molecule has 0 aliphatic rings. The van der Waals surface area contributed by atoms with Gasteiger partial charge in [-0.2, -0.15) is 0 Å². The fourth-order valence-corrected chi connectivity index (χ4v) is 4.20. The minimum Gasteiger partial charge on any atom is -0.423 e. The van der Waals surface area contributed by atoms with Crippen LogP contribution in [-0.4, -0.2) is 11.9 Å². The van der Waals surface area contributed by atoms with Gasteiger partial charge in [-0.15, -0.1) is 0 Å². The number of carbonyl (C=O) groups excluding carboxylic acids is 2. The van der Waals surface area contributed by atoms with Crippen LogP contribution in [0.2, 0.25) is 0 Å². The van der Waals surface area contributed by atoms with Crippen LogP contribution in [0.25, 0.3) is 10.8 Å². The van der Waals surface area contributed by atoms with Crippen molar-refractivity contribution in [2.75, 3.05) is 0 Å². The zero-order valence-electron chi connectivity index (χ0n) is 20.1. The first-order valence-corrected chi connectivity index (χ1v) is 11.9. The molecule has 4 rings (SSSR count). The molecule has 0 amide bonds. The van der Waals surface area contributed by atoms with Crippen LogP contribution < -0.4 is 9.47 Å². The molecule has 0 N–H and O–H groups in total. The zero-order chi connectivity index (χ0) is 25.3. The summed E-state index contributed by atoms with van der Waals surface area (Å²) in [4.78, 5) is 22.7. The molecule has 0 heterocycles. The van der Waals surface area contributed by atoms with Crippen molar-refractivity contribution < 1.29 is 19.1 Å². The second-order valence-electron chi connectivity index (χ2n) is 8.47. The van der Waals surface area contributed by atoms with Gasteiger partial charge in [0.2, 0.25) is 0 Å². The van der Waals surface area contributed by atoms with Crippen molar-refractivity contribution in [1.82, 2.24) is 0 Å². The Morgan fingerprint density at radius 2 is 0.944 bits per heavy atom. The summed E-state index contributed by atoms with van der Waals surface area (Å²) in [6.45, 7) is 6.83. The van der Waals surface area contributed by atoms with E-state index in [4.69, 9.17) is 9.47 Å². The zero-order valence-corrected chi connectivity index (χ0v) is 20.1. The second-order valence-corrected chi connectivity index (χ2v) is 8.47. The summed E-state index contributed by atoms with van der Waals surface area (Å²) in [5.41, 5.74) is 4.99. The molecular formula is C32H28O4. The van der Waals surface area contributed by atoms with E-state index in [0.29, 0.717) is 11.5 Å². The van der Waals surface area contributed by atoms with Gasteiger partial charge in [0.25, 0.3) is 0 Å². The molecule has 0 aliphatic carbocycles. The fraction of sp³-hybridized carbons (Fsp3) is 0.125. The minimum atomic E-state index is -0.458. The first-order valence-electron chi connectivity index (χ1n) is 11.9. The lowest BCUT2D eigenvalue weighted by molar-refractivity contribution is -0.129. The third-order valence-electron chi connectivity index (χ3n) is 6.09. The Bertz CT molecular complexity index is 1270. The third-order valence-corrected chi connectivity index (χ3v) is 6.09. The Balaban J connectivity index is 1.42. The average Bonchev–Trinajstić information content (AvgIpc) is 2.92. The van der Waals surface area contributed by atoms with E-state index in [-0.39, 0.29) is 0 Å². The van der Waals surface area contributed by atoms with E-state index < -0.39 is 11.9 Å². The van der Waals surface area contributed by atoms with Crippen LogP contribution in [0.15, 0.2) is 110 Å². The molecule has 0 spiro atoms. The van der Waals surface area contributed by atoms with E-state index in [1.807, 2.05) is 48.5 Å². The van der Waals surface area contributed by atoms with E-state index >= 15 is 0 Å². The van der Waals surface area contributed by atoms with Crippen LogP contribution in [0.4, 0.5) is 0 Å². The Morgan fingerprint density at radius 3 is 1.31 bits per heavy atom. The number of hydrogen-bond donors (Lipinski definition) is 0. The predicted octanol–water partition coefficient (Wildman–Crippen LogP) is 6.59. The SMILES string of the molecule is C=CC(=O)Oc1ccc(CCc2cccc3c(CCc4ccc(OC(=O)C=C)cc4)cccc23)cc1. The van der Waals surface area contributed by atoms with Gasteiger partial charge >= 0.3 is 11.9 Å². The molecule has 4 nitrogen and oxygen atoms in total. The van der Waals surface area contributed by atoms with Gasteiger partial charge in [0.05, 0.1) is 0 Å². The van der Waals surface area contributed by atoms with E-state index in [2.05, 4.69) is 49.6 Å². The quantitative estimate of drug-likeness (QED) is 0.147. The lowest BCUT2D eigenvalue weighted by atomic mass is 9.94.